The summed E-state index contributed by atoms with van der Waals surface area (Å²) in [5, 5.41) is 3.25. The first kappa shape index (κ1) is 6.09. The average Bonchev–Trinajstić information content (AvgIpc) is 1.90. The third-order valence-corrected chi connectivity index (χ3v) is 1.79. The van der Waals surface area contributed by atoms with Crippen molar-refractivity contribution in [3.63, 3.8) is 0 Å². The van der Waals surface area contributed by atoms with Gasteiger partial charge >= 0.3 is 0 Å². The molecule has 0 spiro atoms. The second kappa shape index (κ2) is 3.08. The van der Waals surface area contributed by atoms with Gasteiger partial charge in [-0.1, -0.05) is 12.8 Å². The van der Waals surface area contributed by atoms with E-state index in [1.54, 1.807) is 0 Å². The molecule has 47 valence electrons. The van der Waals surface area contributed by atoms with Crippen LogP contribution in [0.15, 0.2) is 0 Å². The van der Waals surface area contributed by atoms with Gasteiger partial charge in [-0.25, -0.2) is 0 Å². The van der Waals surface area contributed by atoms with Crippen molar-refractivity contribution in [2.45, 2.75) is 31.7 Å². The molecule has 1 heteroatoms. The van der Waals surface area contributed by atoms with Crippen molar-refractivity contribution in [1.29, 1.82) is 0 Å². The van der Waals surface area contributed by atoms with Crippen LogP contribution in [0.25, 0.3) is 0 Å². The molecule has 0 bridgehead atoms. The Balaban J connectivity index is 2.13. The van der Waals surface area contributed by atoms with Gasteiger partial charge in [-0.15, -0.1) is 0 Å². The summed E-state index contributed by atoms with van der Waals surface area (Å²) >= 11 is 0. The Morgan fingerprint density at radius 2 is 2.38 bits per heavy atom. The standard InChI is InChI=1S/C7H14N/c1-8-7-5-3-2-4-6-7/h5,7-8H,2-4,6H2,1H3. The van der Waals surface area contributed by atoms with Crippen LogP contribution >= 0.6 is 0 Å². The minimum atomic E-state index is 0.712. The molecule has 0 aromatic heterocycles. The molecule has 1 unspecified atom stereocenters. The maximum atomic E-state index is 3.25. The lowest BCUT2D eigenvalue weighted by atomic mass is 9.96. The van der Waals surface area contributed by atoms with Gasteiger partial charge in [0.25, 0.3) is 0 Å². The zero-order valence-corrected chi connectivity index (χ0v) is 5.48. The summed E-state index contributed by atoms with van der Waals surface area (Å²) in [5.74, 6) is 0. The molecule has 1 N–H and O–H groups in total. The number of hydrogen-bond acceptors (Lipinski definition) is 1. The lowest BCUT2D eigenvalue weighted by Gasteiger charge is -2.19. The Morgan fingerprint density at radius 3 is 2.75 bits per heavy atom. The van der Waals surface area contributed by atoms with Crippen LogP contribution in [0.4, 0.5) is 0 Å². The fraction of sp³-hybridized carbons (Fsp3) is 0.857. The molecule has 0 aromatic rings. The van der Waals surface area contributed by atoms with E-state index in [1.165, 1.54) is 25.7 Å². The molecule has 0 aliphatic heterocycles. The van der Waals surface area contributed by atoms with E-state index < -0.39 is 0 Å². The topological polar surface area (TPSA) is 12.0 Å². The van der Waals surface area contributed by atoms with Crippen molar-refractivity contribution in [2.75, 3.05) is 7.05 Å². The predicted molar refractivity (Wildman–Crippen MR) is 35.6 cm³/mol. The van der Waals surface area contributed by atoms with Gasteiger partial charge in [-0.2, -0.15) is 0 Å². The molecule has 0 heterocycles. The molecule has 0 aromatic carbocycles. The summed E-state index contributed by atoms with van der Waals surface area (Å²) in [7, 11) is 2.03. The second-order valence-corrected chi connectivity index (χ2v) is 2.42. The Hall–Kier alpha value is -0.0400. The van der Waals surface area contributed by atoms with Crippen LogP contribution in [0.2, 0.25) is 0 Å². The first-order chi connectivity index (χ1) is 3.93. The molecule has 1 aliphatic carbocycles. The van der Waals surface area contributed by atoms with Gasteiger partial charge in [0.05, 0.1) is 0 Å². The molecule has 1 fully saturated rings. The first-order valence-corrected chi connectivity index (χ1v) is 3.44. The van der Waals surface area contributed by atoms with Gasteiger partial charge in [-0.3, -0.25) is 0 Å². The van der Waals surface area contributed by atoms with Gasteiger partial charge in [0.2, 0.25) is 0 Å². The quantitative estimate of drug-likeness (QED) is 0.540. The lowest BCUT2D eigenvalue weighted by molar-refractivity contribution is 0.476. The van der Waals surface area contributed by atoms with Crippen molar-refractivity contribution in [3.05, 3.63) is 6.42 Å². The van der Waals surface area contributed by atoms with E-state index in [-0.39, 0.29) is 0 Å². The summed E-state index contributed by atoms with van der Waals surface area (Å²) < 4.78 is 0. The van der Waals surface area contributed by atoms with Gasteiger partial charge in [0, 0.05) is 6.04 Å². The lowest BCUT2D eigenvalue weighted by Crippen LogP contribution is -2.27. The molecule has 8 heavy (non-hydrogen) atoms. The maximum Gasteiger partial charge on any atom is 0.00955 e. The van der Waals surface area contributed by atoms with E-state index in [1.807, 2.05) is 7.05 Å². The second-order valence-electron chi connectivity index (χ2n) is 2.42. The third-order valence-electron chi connectivity index (χ3n) is 1.79. The molecule has 1 saturated carbocycles. The highest BCUT2D eigenvalue weighted by atomic mass is 14.9. The van der Waals surface area contributed by atoms with Crippen molar-refractivity contribution in [1.82, 2.24) is 5.32 Å². The van der Waals surface area contributed by atoms with E-state index >= 15 is 0 Å². The van der Waals surface area contributed by atoms with Crippen LogP contribution < -0.4 is 5.32 Å². The molecule has 1 atom stereocenters. The van der Waals surface area contributed by atoms with Crippen molar-refractivity contribution in [3.8, 4) is 0 Å². The van der Waals surface area contributed by atoms with E-state index in [9.17, 15) is 0 Å². The fourth-order valence-corrected chi connectivity index (χ4v) is 1.21. The smallest absolute Gasteiger partial charge is 0.00955 e. The summed E-state index contributed by atoms with van der Waals surface area (Å²) in [6, 6.07) is 0.712. The molecule has 1 aliphatic rings. The summed E-state index contributed by atoms with van der Waals surface area (Å²) in [6.07, 6.45) is 7.84. The van der Waals surface area contributed by atoms with Crippen molar-refractivity contribution in [2.24, 2.45) is 0 Å². The number of rotatable bonds is 1. The Kier molecular flexibility index (Phi) is 2.34. The van der Waals surface area contributed by atoms with Crippen LogP contribution in [0.5, 0.6) is 0 Å². The van der Waals surface area contributed by atoms with Gasteiger partial charge < -0.3 is 5.32 Å². The largest absolute Gasteiger partial charge is 0.317 e. The van der Waals surface area contributed by atoms with Crippen molar-refractivity contribution >= 4 is 0 Å². The summed E-state index contributed by atoms with van der Waals surface area (Å²) in [6.45, 7) is 0. The van der Waals surface area contributed by atoms with Gasteiger partial charge in [0.15, 0.2) is 0 Å². The average molecular weight is 112 g/mol. The monoisotopic (exact) mass is 112 g/mol. The zero-order valence-electron chi connectivity index (χ0n) is 5.48. The molecular formula is C7H14N. The molecule has 1 nitrogen and oxygen atoms in total. The maximum absolute atomic E-state index is 3.25. The van der Waals surface area contributed by atoms with Crippen LogP contribution in [-0.4, -0.2) is 13.1 Å². The molecule has 1 radical (unpaired) electrons. The van der Waals surface area contributed by atoms with Crippen molar-refractivity contribution < 1.29 is 0 Å². The van der Waals surface area contributed by atoms with Crippen LogP contribution in [-0.2, 0) is 0 Å². The Bertz CT molecular complexity index is 55.4. The van der Waals surface area contributed by atoms with Crippen LogP contribution in [0, 0.1) is 6.42 Å². The zero-order chi connectivity index (χ0) is 5.82. The van der Waals surface area contributed by atoms with Crippen LogP contribution in [0.3, 0.4) is 0 Å². The van der Waals surface area contributed by atoms with E-state index in [0.717, 1.165) is 0 Å². The molecular weight excluding hydrogens is 98.1 g/mol. The minimum Gasteiger partial charge on any atom is -0.317 e. The summed E-state index contributed by atoms with van der Waals surface area (Å²) in [5.41, 5.74) is 0. The third kappa shape index (κ3) is 1.48. The number of hydrogen-bond donors (Lipinski definition) is 1. The fourth-order valence-electron chi connectivity index (χ4n) is 1.21. The molecule has 0 saturated heterocycles. The van der Waals surface area contributed by atoms with Crippen LogP contribution in [0.1, 0.15) is 25.7 Å². The number of nitrogens with one attached hydrogen (secondary N) is 1. The van der Waals surface area contributed by atoms with Gasteiger partial charge in [-0.05, 0) is 26.3 Å². The van der Waals surface area contributed by atoms with E-state index in [4.69, 9.17) is 0 Å². The SMILES string of the molecule is CNC1[CH]CCCC1. The minimum absolute atomic E-state index is 0.712. The van der Waals surface area contributed by atoms with E-state index in [2.05, 4.69) is 11.7 Å². The van der Waals surface area contributed by atoms with E-state index in [0.29, 0.717) is 6.04 Å². The normalized spacial score (nSPS) is 23.6. The molecule has 0 amide bonds. The highest BCUT2D eigenvalue weighted by Gasteiger charge is 2.09. The first-order valence-electron chi connectivity index (χ1n) is 3.44. The highest BCUT2D eigenvalue weighted by molar-refractivity contribution is 4.85. The molecule has 1 rings (SSSR count). The summed E-state index contributed by atoms with van der Waals surface area (Å²) in [4.78, 5) is 0. The van der Waals surface area contributed by atoms with Gasteiger partial charge in [0.1, 0.15) is 0 Å². The predicted octanol–water partition coefficient (Wildman–Crippen LogP) is 1.35. The highest BCUT2D eigenvalue weighted by Crippen LogP contribution is 2.15. The Labute approximate surface area is 51.5 Å². The Morgan fingerprint density at radius 1 is 1.50 bits per heavy atom.